The zero-order chi connectivity index (χ0) is 19.4. The monoisotopic (exact) mass is 391 g/mol. The number of benzene rings is 1. The van der Waals surface area contributed by atoms with E-state index in [4.69, 9.17) is 9.92 Å². The molecule has 2 aromatic rings. The number of anilines is 3. The zero-order valence-corrected chi connectivity index (χ0v) is 15.6. The second kappa shape index (κ2) is 7.78. The minimum atomic E-state index is -3.58. The van der Waals surface area contributed by atoms with E-state index in [-0.39, 0.29) is 23.3 Å². The Hall–Kier alpha value is -2.88. The minimum Gasteiger partial charge on any atom is -0.383 e. The Morgan fingerprint density at radius 1 is 1.22 bits per heavy atom. The number of nitrogens with zero attached hydrogens (tertiary/aromatic N) is 2. The number of nitrogens with one attached hydrogen (secondary N) is 2. The molecule has 1 amide bonds. The highest BCUT2D eigenvalue weighted by atomic mass is 32.2. The molecule has 4 N–H and O–H groups in total. The number of carbonyl (C=O) groups is 1. The quantitative estimate of drug-likeness (QED) is 0.610. The number of hydrogen-bond acceptors (Lipinski definition) is 8. The first-order chi connectivity index (χ1) is 12.8. The molecule has 1 aliphatic rings. The lowest BCUT2D eigenvalue weighted by atomic mass is 10.2. The summed E-state index contributed by atoms with van der Waals surface area (Å²) in [5, 5.41) is 6.28. The normalized spacial score (nSPS) is 14.7. The van der Waals surface area contributed by atoms with Crippen LogP contribution in [0.4, 0.5) is 17.5 Å². The Labute approximate surface area is 157 Å². The van der Waals surface area contributed by atoms with Crippen LogP contribution in [0.25, 0.3) is 0 Å². The van der Waals surface area contributed by atoms with Crippen molar-refractivity contribution in [3.05, 3.63) is 36.0 Å². The Morgan fingerprint density at radius 2 is 1.89 bits per heavy atom. The second-order valence-electron chi connectivity index (χ2n) is 6.38. The van der Waals surface area contributed by atoms with E-state index in [1.807, 2.05) is 0 Å². The maximum Gasteiger partial charge on any atom is 0.306 e. The van der Waals surface area contributed by atoms with Gasteiger partial charge in [0.05, 0.1) is 11.8 Å². The molecule has 144 valence electrons. The van der Waals surface area contributed by atoms with Crippen LogP contribution in [-0.2, 0) is 10.1 Å². The molecule has 1 aliphatic carbocycles. The first-order valence-corrected chi connectivity index (χ1v) is 10.3. The molecule has 0 atom stereocenters. The first-order valence-electron chi connectivity index (χ1n) is 8.50. The largest absolute Gasteiger partial charge is 0.383 e. The molecule has 27 heavy (non-hydrogen) atoms. The fraction of sp³-hybridized carbons (Fsp3) is 0.353. The van der Waals surface area contributed by atoms with Crippen LogP contribution in [0.15, 0.2) is 30.5 Å². The van der Waals surface area contributed by atoms with Crippen LogP contribution in [0.1, 0.15) is 36.0 Å². The van der Waals surface area contributed by atoms with Gasteiger partial charge in [0.15, 0.2) is 0 Å². The molecule has 1 saturated carbocycles. The van der Waals surface area contributed by atoms with E-state index in [9.17, 15) is 13.2 Å². The number of aromatic nitrogens is 2. The average Bonchev–Trinajstić information content (AvgIpc) is 3.08. The van der Waals surface area contributed by atoms with Crippen LogP contribution in [0.5, 0.6) is 5.75 Å². The van der Waals surface area contributed by atoms with Crippen molar-refractivity contribution in [2.24, 2.45) is 5.73 Å². The van der Waals surface area contributed by atoms with Gasteiger partial charge in [-0.3, -0.25) is 4.79 Å². The number of amides is 1. The fourth-order valence-electron chi connectivity index (χ4n) is 2.89. The molecule has 10 heteroatoms. The van der Waals surface area contributed by atoms with Gasteiger partial charge in [-0.15, -0.1) is 0 Å². The molecule has 1 aromatic heterocycles. The standard InChI is InChI=1S/C17H21N5O4S/c1-27(24,25)26-13-8-6-12(7-9-13)21-17-19-10-14(15(18)23)16(22-17)20-11-4-2-3-5-11/h6-11H,2-5H2,1H3,(H2,18,23)(H2,19,20,21,22). The third-order valence-electron chi connectivity index (χ3n) is 4.11. The summed E-state index contributed by atoms with van der Waals surface area (Å²) in [6, 6.07) is 6.56. The number of hydrogen-bond donors (Lipinski definition) is 3. The third kappa shape index (κ3) is 5.30. The third-order valence-corrected chi connectivity index (χ3v) is 4.60. The highest BCUT2D eigenvalue weighted by Gasteiger charge is 2.19. The molecule has 1 aromatic carbocycles. The van der Waals surface area contributed by atoms with Gasteiger partial charge in [-0.1, -0.05) is 12.8 Å². The molecule has 1 heterocycles. The van der Waals surface area contributed by atoms with Crippen LogP contribution in [0, 0.1) is 0 Å². The van der Waals surface area contributed by atoms with Gasteiger partial charge in [0.25, 0.3) is 5.91 Å². The Bertz CT molecular complexity index is 925. The summed E-state index contributed by atoms with van der Waals surface area (Å²) in [5.74, 6) is 0.308. The summed E-state index contributed by atoms with van der Waals surface area (Å²) >= 11 is 0. The van der Waals surface area contributed by atoms with E-state index < -0.39 is 16.0 Å². The summed E-state index contributed by atoms with van der Waals surface area (Å²) in [6.07, 6.45) is 6.69. The van der Waals surface area contributed by atoms with E-state index in [0.29, 0.717) is 11.5 Å². The van der Waals surface area contributed by atoms with Crippen molar-refractivity contribution in [3.63, 3.8) is 0 Å². The molecular formula is C17H21N5O4S. The van der Waals surface area contributed by atoms with Gasteiger partial charge in [0.1, 0.15) is 11.6 Å². The summed E-state index contributed by atoms with van der Waals surface area (Å²) in [5.41, 5.74) is 6.29. The average molecular weight is 391 g/mol. The molecular weight excluding hydrogens is 370 g/mol. The van der Waals surface area contributed by atoms with Crippen LogP contribution in [-0.4, -0.2) is 36.6 Å². The lowest BCUT2D eigenvalue weighted by Crippen LogP contribution is -2.21. The second-order valence-corrected chi connectivity index (χ2v) is 7.96. The Balaban J connectivity index is 1.77. The van der Waals surface area contributed by atoms with Gasteiger partial charge in [0, 0.05) is 17.9 Å². The highest BCUT2D eigenvalue weighted by Crippen LogP contribution is 2.25. The van der Waals surface area contributed by atoms with Crippen LogP contribution >= 0.6 is 0 Å². The van der Waals surface area contributed by atoms with Gasteiger partial charge < -0.3 is 20.6 Å². The van der Waals surface area contributed by atoms with Crippen molar-refractivity contribution in [2.75, 3.05) is 16.9 Å². The summed E-state index contributed by atoms with van der Waals surface area (Å²) in [6.45, 7) is 0. The van der Waals surface area contributed by atoms with Crippen LogP contribution in [0.3, 0.4) is 0 Å². The topological polar surface area (TPSA) is 136 Å². The highest BCUT2D eigenvalue weighted by molar-refractivity contribution is 7.86. The van der Waals surface area contributed by atoms with Gasteiger partial charge >= 0.3 is 10.1 Å². The maximum atomic E-state index is 11.6. The molecule has 0 saturated heterocycles. The molecule has 0 unspecified atom stereocenters. The van der Waals surface area contributed by atoms with Crippen LogP contribution < -0.4 is 20.6 Å². The maximum absolute atomic E-state index is 11.6. The van der Waals surface area contributed by atoms with Gasteiger partial charge in [-0.2, -0.15) is 13.4 Å². The Kier molecular flexibility index (Phi) is 5.45. The lowest BCUT2D eigenvalue weighted by Gasteiger charge is -2.16. The number of nitrogens with two attached hydrogens (primary N) is 1. The SMILES string of the molecule is CS(=O)(=O)Oc1ccc(Nc2ncc(C(N)=O)c(NC3CCCC3)n2)cc1. The van der Waals surface area contributed by atoms with Crippen molar-refractivity contribution in [1.29, 1.82) is 0 Å². The minimum absolute atomic E-state index is 0.205. The molecule has 1 fully saturated rings. The van der Waals surface area contributed by atoms with Crippen molar-refractivity contribution in [3.8, 4) is 5.75 Å². The van der Waals surface area contributed by atoms with E-state index in [2.05, 4.69) is 20.6 Å². The van der Waals surface area contributed by atoms with Crippen molar-refractivity contribution >= 4 is 33.5 Å². The van der Waals surface area contributed by atoms with E-state index >= 15 is 0 Å². The molecule has 0 radical (unpaired) electrons. The molecule has 0 spiro atoms. The van der Waals surface area contributed by atoms with Crippen molar-refractivity contribution in [1.82, 2.24) is 9.97 Å². The number of primary amides is 1. The van der Waals surface area contributed by atoms with E-state index in [1.165, 1.54) is 18.3 Å². The predicted octanol–water partition coefficient (Wildman–Crippen LogP) is 2.01. The van der Waals surface area contributed by atoms with Gasteiger partial charge in [0.2, 0.25) is 5.95 Å². The predicted molar refractivity (Wildman–Crippen MR) is 102 cm³/mol. The van der Waals surface area contributed by atoms with E-state index in [1.54, 1.807) is 12.1 Å². The Morgan fingerprint density at radius 3 is 2.48 bits per heavy atom. The van der Waals surface area contributed by atoms with Crippen LogP contribution in [0.2, 0.25) is 0 Å². The first kappa shape index (κ1) is 18.9. The zero-order valence-electron chi connectivity index (χ0n) is 14.8. The van der Waals surface area contributed by atoms with E-state index in [0.717, 1.165) is 31.9 Å². The molecule has 0 aliphatic heterocycles. The van der Waals surface area contributed by atoms with Crippen molar-refractivity contribution < 1.29 is 17.4 Å². The number of rotatable bonds is 7. The van der Waals surface area contributed by atoms with Crippen molar-refractivity contribution in [2.45, 2.75) is 31.7 Å². The summed E-state index contributed by atoms with van der Waals surface area (Å²) in [4.78, 5) is 20.1. The lowest BCUT2D eigenvalue weighted by molar-refractivity contribution is 0.100. The molecule has 9 nitrogen and oxygen atoms in total. The smallest absolute Gasteiger partial charge is 0.306 e. The molecule has 3 rings (SSSR count). The van der Waals surface area contributed by atoms with Gasteiger partial charge in [-0.05, 0) is 37.1 Å². The fourth-order valence-corrected chi connectivity index (χ4v) is 3.35. The van der Waals surface area contributed by atoms with Gasteiger partial charge in [-0.25, -0.2) is 4.98 Å². The summed E-state index contributed by atoms with van der Waals surface area (Å²) in [7, 11) is -3.58. The molecule has 0 bridgehead atoms. The number of carbonyl (C=O) groups excluding carboxylic acids is 1. The summed E-state index contributed by atoms with van der Waals surface area (Å²) < 4.78 is 27.1.